The lowest BCUT2D eigenvalue weighted by Crippen LogP contribution is -2.14. The molecule has 1 aliphatic rings. The lowest BCUT2D eigenvalue weighted by Gasteiger charge is -2.18. The van der Waals surface area contributed by atoms with Crippen LogP contribution in [0.3, 0.4) is 0 Å². The predicted octanol–water partition coefficient (Wildman–Crippen LogP) is 2.28. The van der Waals surface area contributed by atoms with Crippen LogP contribution in [0, 0.1) is 6.92 Å². The highest BCUT2D eigenvalue weighted by Gasteiger charge is 2.21. The standard InChI is InChI=1S/C12H14N2O2/c1-8-4-5-11(16-8)9-7-14-6-2-3-10(15)12(14)13-9/h4-5,7,10,15H,2-3,6H2,1H3. The molecule has 0 radical (unpaired) electrons. The number of aliphatic hydroxyl groups is 1. The summed E-state index contributed by atoms with van der Waals surface area (Å²) in [6, 6.07) is 3.83. The maximum absolute atomic E-state index is 9.81. The van der Waals surface area contributed by atoms with E-state index in [-0.39, 0.29) is 0 Å². The smallest absolute Gasteiger partial charge is 0.154 e. The molecule has 3 heterocycles. The van der Waals surface area contributed by atoms with Crippen LogP contribution in [0.15, 0.2) is 22.7 Å². The molecule has 1 aliphatic heterocycles. The first kappa shape index (κ1) is 9.66. The zero-order valence-corrected chi connectivity index (χ0v) is 9.18. The average molecular weight is 218 g/mol. The quantitative estimate of drug-likeness (QED) is 0.798. The molecule has 2 aromatic rings. The Morgan fingerprint density at radius 3 is 3.06 bits per heavy atom. The summed E-state index contributed by atoms with van der Waals surface area (Å²) in [6.07, 6.45) is 3.32. The topological polar surface area (TPSA) is 51.2 Å². The molecule has 0 saturated heterocycles. The molecule has 0 amide bonds. The van der Waals surface area contributed by atoms with E-state index in [4.69, 9.17) is 4.42 Å². The van der Waals surface area contributed by atoms with E-state index in [1.54, 1.807) is 0 Å². The second-order valence-electron chi connectivity index (χ2n) is 4.25. The summed E-state index contributed by atoms with van der Waals surface area (Å²) in [6.45, 7) is 2.84. The highest BCUT2D eigenvalue weighted by Crippen LogP contribution is 2.28. The normalized spacial score (nSPS) is 19.8. The Balaban J connectivity index is 2.04. The van der Waals surface area contributed by atoms with Gasteiger partial charge in [0.05, 0.1) is 0 Å². The van der Waals surface area contributed by atoms with Crippen LogP contribution >= 0.6 is 0 Å². The third-order valence-electron chi connectivity index (χ3n) is 2.97. The summed E-state index contributed by atoms with van der Waals surface area (Å²) in [4.78, 5) is 4.43. The largest absolute Gasteiger partial charge is 0.460 e. The van der Waals surface area contributed by atoms with Crippen molar-refractivity contribution in [3.8, 4) is 11.5 Å². The van der Waals surface area contributed by atoms with E-state index >= 15 is 0 Å². The molecule has 0 saturated carbocycles. The summed E-state index contributed by atoms with van der Waals surface area (Å²) in [7, 11) is 0. The summed E-state index contributed by atoms with van der Waals surface area (Å²) in [5, 5.41) is 9.81. The molecule has 1 N–H and O–H groups in total. The van der Waals surface area contributed by atoms with Crippen molar-refractivity contribution in [2.75, 3.05) is 0 Å². The van der Waals surface area contributed by atoms with Gasteiger partial charge in [-0.25, -0.2) is 4.98 Å². The molecule has 0 aromatic carbocycles. The first-order valence-electron chi connectivity index (χ1n) is 5.56. The van der Waals surface area contributed by atoms with Gasteiger partial charge in [0, 0.05) is 12.7 Å². The zero-order valence-electron chi connectivity index (χ0n) is 9.18. The van der Waals surface area contributed by atoms with E-state index in [2.05, 4.69) is 4.98 Å². The van der Waals surface area contributed by atoms with Crippen LogP contribution in [0.4, 0.5) is 0 Å². The van der Waals surface area contributed by atoms with Crippen LogP contribution in [0.5, 0.6) is 0 Å². The van der Waals surface area contributed by atoms with Gasteiger partial charge in [-0.05, 0) is 31.9 Å². The van der Waals surface area contributed by atoms with Gasteiger partial charge < -0.3 is 14.1 Å². The Hall–Kier alpha value is -1.55. The molecule has 4 nitrogen and oxygen atoms in total. The van der Waals surface area contributed by atoms with Crippen molar-refractivity contribution in [1.82, 2.24) is 9.55 Å². The highest BCUT2D eigenvalue weighted by atomic mass is 16.3. The Kier molecular flexibility index (Phi) is 2.11. The van der Waals surface area contributed by atoms with Crippen molar-refractivity contribution in [3.63, 3.8) is 0 Å². The summed E-state index contributed by atoms with van der Waals surface area (Å²) in [5.74, 6) is 2.41. The van der Waals surface area contributed by atoms with Crippen LogP contribution in [0.1, 0.15) is 30.5 Å². The van der Waals surface area contributed by atoms with Gasteiger partial charge in [0.15, 0.2) is 5.76 Å². The maximum atomic E-state index is 9.81. The Bertz CT molecular complexity index is 513. The molecule has 0 fully saturated rings. The van der Waals surface area contributed by atoms with Gasteiger partial charge in [0.2, 0.25) is 0 Å². The number of aryl methyl sites for hydroxylation is 2. The second-order valence-corrected chi connectivity index (χ2v) is 4.25. The minimum atomic E-state index is -0.432. The highest BCUT2D eigenvalue weighted by molar-refractivity contribution is 5.51. The third kappa shape index (κ3) is 1.46. The molecule has 4 heteroatoms. The summed E-state index contributed by atoms with van der Waals surface area (Å²) >= 11 is 0. The lowest BCUT2D eigenvalue weighted by molar-refractivity contribution is 0.134. The number of nitrogens with zero attached hydrogens (tertiary/aromatic N) is 2. The molecular weight excluding hydrogens is 204 g/mol. The van der Waals surface area contributed by atoms with Crippen molar-refractivity contribution >= 4 is 0 Å². The fourth-order valence-corrected chi connectivity index (χ4v) is 2.15. The fourth-order valence-electron chi connectivity index (χ4n) is 2.15. The van der Waals surface area contributed by atoms with Crippen molar-refractivity contribution < 1.29 is 9.52 Å². The number of furan rings is 1. The van der Waals surface area contributed by atoms with Crippen LogP contribution in [-0.2, 0) is 6.54 Å². The van der Waals surface area contributed by atoms with Gasteiger partial charge >= 0.3 is 0 Å². The molecule has 16 heavy (non-hydrogen) atoms. The van der Waals surface area contributed by atoms with Crippen LogP contribution < -0.4 is 0 Å². The van der Waals surface area contributed by atoms with Gasteiger partial charge in [-0.1, -0.05) is 0 Å². The van der Waals surface area contributed by atoms with E-state index in [0.717, 1.165) is 42.4 Å². The minimum absolute atomic E-state index is 0.432. The minimum Gasteiger partial charge on any atom is -0.460 e. The fraction of sp³-hybridized carbons (Fsp3) is 0.417. The third-order valence-corrected chi connectivity index (χ3v) is 2.97. The zero-order chi connectivity index (χ0) is 11.1. The molecule has 1 unspecified atom stereocenters. The van der Waals surface area contributed by atoms with Crippen molar-refractivity contribution in [2.45, 2.75) is 32.4 Å². The van der Waals surface area contributed by atoms with Gasteiger partial charge in [-0.2, -0.15) is 0 Å². The number of hydrogen-bond acceptors (Lipinski definition) is 3. The van der Waals surface area contributed by atoms with E-state index < -0.39 is 6.10 Å². The lowest BCUT2D eigenvalue weighted by atomic mass is 10.1. The molecule has 3 rings (SSSR count). The molecule has 0 aliphatic carbocycles. The SMILES string of the molecule is Cc1ccc(-c2cn3c(n2)C(O)CCC3)o1. The maximum Gasteiger partial charge on any atom is 0.154 e. The van der Waals surface area contributed by atoms with E-state index in [9.17, 15) is 5.11 Å². The molecule has 1 atom stereocenters. The molecule has 2 aromatic heterocycles. The molecule has 0 spiro atoms. The predicted molar refractivity (Wildman–Crippen MR) is 58.9 cm³/mol. The summed E-state index contributed by atoms with van der Waals surface area (Å²) < 4.78 is 7.54. The number of fused-ring (bicyclic) bond motifs is 1. The van der Waals surface area contributed by atoms with Gasteiger partial charge in [-0.15, -0.1) is 0 Å². The van der Waals surface area contributed by atoms with E-state index in [1.807, 2.05) is 29.8 Å². The van der Waals surface area contributed by atoms with Crippen molar-refractivity contribution in [1.29, 1.82) is 0 Å². The van der Waals surface area contributed by atoms with Crippen molar-refractivity contribution in [2.24, 2.45) is 0 Å². The van der Waals surface area contributed by atoms with Gasteiger partial charge in [0.25, 0.3) is 0 Å². The van der Waals surface area contributed by atoms with Crippen molar-refractivity contribution in [3.05, 3.63) is 29.9 Å². The van der Waals surface area contributed by atoms with Crippen LogP contribution in [0.25, 0.3) is 11.5 Å². The number of imidazole rings is 1. The van der Waals surface area contributed by atoms with Crippen LogP contribution in [0.2, 0.25) is 0 Å². The van der Waals surface area contributed by atoms with Crippen LogP contribution in [-0.4, -0.2) is 14.7 Å². The second kappa shape index (κ2) is 3.49. The molecule has 84 valence electrons. The van der Waals surface area contributed by atoms with Gasteiger partial charge in [-0.3, -0.25) is 0 Å². The monoisotopic (exact) mass is 218 g/mol. The first-order valence-corrected chi connectivity index (χ1v) is 5.56. The Morgan fingerprint density at radius 1 is 1.50 bits per heavy atom. The number of aromatic nitrogens is 2. The first-order chi connectivity index (χ1) is 7.74. The van der Waals surface area contributed by atoms with E-state index in [0.29, 0.717) is 0 Å². The van der Waals surface area contributed by atoms with E-state index in [1.165, 1.54) is 0 Å². The number of aliphatic hydroxyl groups excluding tert-OH is 1. The summed E-state index contributed by atoms with van der Waals surface area (Å²) in [5.41, 5.74) is 0.809. The molecule has 0 bridgehead atoms. The van der Waals surface area contributed by atoms with Gasteiger partial charge in [0.1, 0.15) is 23.4 Å². The average Bonchev–Trinajstić information content (AvgIpc) is 2.84. The Morgan fingerprint density at radius 2 is 2.38 bits per heavy atom. The molecular formula is C12H14N2O2. The number of rotatable bonds is 1. The number of hydrogen-bond donors (Lipinski definition) is 1. The Labute approximate surface area is 93.5 Å².